The SMILES string of the molecule is Cc1cccc(COc2cccc(C=NN3C(=O)[C@@H]4[C@H](C3=O)[C@H]3C=C[C@H]4C3)c2)c1. The van der Waals surface area contributed by atoms with Crippen molar-refractivity contribution in [3.63, 3.8) is 0 Å². The Hall–Kier alpha value is -3.21. The van der Waals surface area contributed by atoms with Crippen molar-refractivity contribution in [3.8, 4) is 5.75 Å². The molecule has 5 heteroatoms. The number of hydrazone groups is 1. The van der Waals surface area contributed by atoms with Crippen LogP contribution >= 0.6 is 0 Å². The molecule has 4 atom stereocenters. The normalized spacial score (nSPS) is 27.3. The van der Waals surface area contributed by atoms with Gasteiger partial charge in [-0.05, 0) is 48.4 Å². The van der Waals surface area contributed by atoms with Crippen LogP contribution in [0.5, 0.6) is 5.75 Å². The van der Waals surface area contributed by atoms with E-state index in [1.165, 1.54) is 5.56 Å². The lowest BCUT2D eigenvalue weighted by molar-refractivity contribution is -0.140. The van der Waals surface area contributed by atoms with Crippen LogP contribution in [-0.2, 0) is 16.2 Å². The zero-order chi connectivity index (χ0) is 20.0. The average molecular weight is 386 g/mol. The van der Waals surface area contributed by atoms with Crippen LogP contribution in [0.3, 0.4) is 0 Å². The molecule has 2 bridgehead atoms. The highest BCUT2D eigenvalue weighted by atomic mass is 16.5. The molecule has 29 heavy (non-hydrogen) atoms. The minimum Gasteiger partial charge on any atom is -0.489 e. The number of benzene rings is 2. The zero-order valence-corrected chi connectivity index (χ0v) is 16.2. The number of amides is 2. The molecule has 3 aliphatic rings. The van der Waals surface area contributed by atoms with E-state index < -0.39 is 0 Å². The summed E-state index contributed by atoms with van der Waals surface area (Å²) in [6, 6.07) is 15.7. The molecule has 2 aromatic carbocycles. The standard InChI is InChI=1S/C24H22N2O3/c1-15-4-2-6-17(10-15)14-29-20-7-3-5-16(11-20)13-25-26-23(27)21-18-8-9-19(12-18)22(21)24(26)28/h2-11,13,18-19,21-22H,12,14H2,1H3/t18-,19-,21-,22+/m0/s1. The second-order valence-corrected chi connectivity index (χ2v) is 8.08. The Bertz CT molecular complexity index is 1010. The Morgan fingerprint density at radius 1 is 1.03 bits per heavy atom. The highest BCUT2D eigenvalue weighted by molar-refractivity contribution is 6.06. The summed E-state index contributed by atoms with van der Waals surface area (Å²) >= 11 is 0. The first-order valence-corrected chi connectivity index (χ1v) is 9.99. The van der Waals surface area contributed by atoms with Crippen LogP contribution in [0, 0.1) is 30.6 Å². The molecule has 0 aromatic heterocycles. The van der Waals surface area contributed by atoms with Crippen LogP contribution in [0.2, 0.25) is 0 Å². The van der Waals surface area contributed by atoms with E-state index in [-0.39, 0.29) is 35.5 Å². The number of carbonyl (C=O) groups excluding carboxylic acids is 2. The molecule has 5 nitrogen and oxygen atoms in total. The predicted octanol–water partition coefficient (Wildman–Crippen LogP) is 3.72. The van der Waals surface area contributed by atoms with Crippen molar-refractivity contribution in [1.82, 2.24) is 5.01 Å². The lowest BCUT2D eigenvalue weighted by atomic mass is 9.85. The van der Waals surface area contributed by atoms with Gasteiger partial charge in [0.25, 0.3) is 11.8 Å². The first-order chi connectivity index (χ1) is 14.1. The fourth-order valence-corrected chi connectivity index (χ4v) is 4.78. The molecule has 2 aliphatic carbocycles. The van der Waals surface area contributed by atoms with Gasteiger partial charge in [-0.15, -0.1) is 0 Å². The maximum atomic E-state index is 12.7. The third-order valence-electron chi connectivity index (χ3n) is 6.12. The van der Waals surface area contributed by atoms with E-state index >= 15 is 0 Å². The van der Waals surface area contributed by atoms with E-state index in [0.29, 0.717) is 12.4 Å². The number of aryl methyl sites for hydroxylation is 1. The van der Waals surface area contributed by atoms with E-state index in [1.54, 1.807) is 6.21 Å². The lowest BCUT2D eigenvalue weighted by Crippen LogP contribution is -2.28. The van der Waals surface area contributed by atoms with E-state index in [9.17, 15) is 9.59 Å². The lowest BCUT2D eigenvalue weighted by Gasteiger charge is -2.13. The number of nitrogens with zero attached hydrogens (tertiary/aromatic N) is 2. The molecule has 2 aromatic rings. The maximum Gasteiger partial charge on any atom is 0.254 e. The van der Waals surface area contributed by atoms with Gasteiger partial charge in [0.2, 0.25) is 0 Å². The number of imide groups is 1. The van der Waals surface area contributed by atoms with Crippen molar-refractivity contribution >= 4 is 18.0 Å². The third-order valence-corrected chi connectivity index (χ3v) is 6.12. The highest BCUT2D eigenvalue weighted by Gasteiger charge is 2.59. The predicted molar refractivity (Wildman–Crippen MR) is 109 cm³/mol. The highest BCUT2D eigenvalue weighted by Crippen LogP contribution is 2.52. The summed E-state index contributed by atoms with van der Waals surface area (Å²) in [5.41, 5.74) is 3.08. The van der Waals surface area contributed by atoms with E-state index in [0.717, 1.165) is 22.6 Å². The summed E-state index contributed by atoms with van der Waals surface area (Å²) in [5.74, 6) is 0.325. The number of carbonyl (C=O) groups is 2. The minimum absolute atomic E-state index is 0.167. The van der Waals surface area contributed by atoms with Crippen LogP contribution < -0.4 is 4.74 Å². The zero-order valence-electron chi connectivity index (χ0n) is 16.2. The van der Waals surface area contributed by atoms with E-state index in [2.05, 4.69) is 36.3 Å². The molecule has 0 unspecified atom stereocenters. The van der Waals surface area contributed by atoms with Gasteiger partial charge in [-0.25, -0.2) is 0 Å². The molecule has 1 heterocycles. The second kappa shape index (κ2) is 6.99. The number of ether oxygens (including phenoxy) is 1. The molecule has 0 spiro atoms. The van der Waals surface area contributed by atoms with Gasteiger partial charge in [-0.1, -0.05) is 54.1 Å². The monoisotopic (exact) mass is 386 g/mol. The second-order valence-electron chi connectivity index (χ2n) is 8.08. The minimum atomic E-state index is -0.223. The van der Waals surface area contributed by atoms with Crippen molar-refractivity contribution in [2.75, 3.05) is 0 Å². The topological polar surface area (TPSA) is 59.0 Å². The van der Waals surface area contributed by atoms with Crippen LogP contribution in [0.4, 0.5) is 0 Å². The molecule has 2 amide bonds. The Labute approximate surface area is 169 Å². The van der Waals surface area contributed by atoms with E-state index in [4.69, 9.17) is 4.74 Å². The maximum absolute atomic E-state index is 12.7. The quantitative estimate of drug-likeness (QED) is 0.447. The van der Waals surface area contributed by atoms with Crippen LogP contribution in [0.15, 0.2) is 65.8 Å². The molecular weight excluding hydrogens is 364 g/mol. The van der Waals surface area contributed by atoms with Crippen molar-refractivity contribution in [3.05, 3.63) is 77.4 Å². The summed E-state index contributed by atoms with van der Waals surface area (Å²) in [7, 11) is 0. The molecule has 1 aliphatic heterocycles. The Balaban J connectivity index is 1.27. The molecule has 1 saturated carbocycles. The third kappa shape index (κ3) is 3.16. The summed E-state index contributed by atoms with van der Waals surface area (Å²) in [6.07, 6.45) is 6.65. The molecule has 5 rings (SSSR count). The average Bonchev–Trinajstić information content (AvgIpc) is 3.40. The fourth-order valence-electron chi connectivity index (χ4n) is 4.78. The van der Waals surface area contributed by atoms with Gasteiger partial charge < -0.3 is 4.74 Å². The molecule has 0 radical (unpaired) electrons. The fraction of sp³-hybridized carbons (Fsp3) is 0.292. The Morgan fingerprint density at radius 2 is 1.76 bits per heavy atom. The van der Waals surface area contributed by atoms with Gasteiger partial charge in [-0.2, -0.15) is 10.1 Å². The summed E-state index contributed by atoms with van der Waals surface area (Å²) in [6.45, 7) is 2.53. The van der Waals surface area contributed by atoms with Crippen molar-refractivity contribution in [2.24, 2.45) is 28.8 Å². The number of hydrogen-bond donors (Lipinski definition) is 0. The van der Waals surface area contributed by atoms with Gasteiger partial charge in [0.15, 0.2) is 0 Å². The van der Waals surface area contributed by atoms with Gasteiger partial charge in [0.05, 0.1) is 18.1 Å². The van der Waals surface area contributed by atoms with Crippen molar-refractivity contribution < 1.29 is 14.3 Å². The number of allylic oxidation sites excluding steroid dienone is 2. The first kappa shape index (κ1) is 17.9. The van der Waals surface area contributed by atoms with Gasteiger partial charge in [0, 0.05) is 0 Å². The largest absolute Gasteiger partial charge is 0.489 e. The number of rotatable bonds is 5. The summed E-state index contributed by atoms with van der Waals surface area (Å²) in [4.78, 5) is 25.4. The summed E-state index contributed by atoms with van der Waals surface area (Å²) in [5, 5.41) is 5.30. The van der Waals surface area contributed by atoms with Crippen LogP contribution in [0.1, 0.15) is 23.1 Å². The smallest absolute Gasteiger partial charge is 0.254 e. The van der Waals surface area contributed by atoms with E-state index in [1.807, 2.05) is 36.4 Å². The number of fused-ring (bicyclic) bond motifs is 5. The summed E-state index contributed by atoms with van der Waals surface area (Å²) < 4.78 is 5.88. The number of hydrogen-bond acceptors (Lipinski definition) is 4. The molecule has 0 N–H and O–H groups in total. The first-order valence-electron chi connectivity index (χ1n) is 9.99. The van der Waals surface area contributed by atoms with Crippen molar-refractivity contribution in [2.45, 2.75) is 20.0 Å². The van der Waals surface area contributed by atoms with Crippen LogP contribution in [0.25, 0.3) is 0 Å². The van der Waals surface area contributed by atoms with Crippen LogP contribution in [-0.4, -0.2) is 23.0 Å². The molecular formula is C24H22N2O3. The molecule has 2 fully saturated rings. The molecule has 146 valence electrons. The van der Waals surface area contributed by atoms with Gasteiger partial charge in [0.1, 0.15) is 12.4 Å². The van der Waals surface area contributed by atoms with Crippen molar-refractivity contribution in [1.29, 1.82) is 0 Å². The van der Waals surface area contributed by atoms with Gasteiger partial charge >= 0.3 is 0 Å². The van der Waals surface area contributed by atoms with Gasteiger partial charge in [-0.3, -0.25) is 9.59 Å². The molecule has 1 saturated heterocycles. The Morgan fingerprint density at radius 3 is 2.48 bits per heavy atom. The Kier molecular flexibility index (Phi) is 4.31.